The third-order valence-corrected chi connectivity index (χ3v) is 4.25. The van der Waals surface area contributed by atoms with Gasteiger partial charge < -0.3 is 10.4 Å². The van der Waals surface area contributed by atoms with Crippen molar-refractivity contribution in [2.45, 2.75) is 25.3 Å². The quantitative estimate of drug-likeness (QED) is 0.851. The van der Waals surface area contributed by atoms with Gasteiger partial charge in [-0.2, -0.15) is 0 Å². The summed E-state index contributed by atoms with van der Waals surface area (Å²) >= 11 is 6.74. The number of carbonyl (C=O) groups excluding carboxylic acids is 1. The van der Waals surface area contributed by atoms with E-state index in [2.05, 4.69) is 37.2 Å². The second-order valence-electron chi connectivity index (χ2n) is 4.61. The minimum Gasteiger partial charge on any atom is -0.396 e. The number of amides is 1. The van der Waals surface area contributed by atoms with Crippen molar-refractivity contribution < 1.29 is 9.90 Å². The predicted octanol–water partition coefficient (Wildman–Crippen LogP) is 3.10. The van der Waals surface area contributed by atoms with E-state index in [1.807, 2.05) is 6.07 Å². The van der Waals surface area contributed by atoms with Crippen LogP contribution in [0, 0.1) is 5.92 Å². The SMILES string of the molecule is O=C(NC1CCCC1CO)c1cc(Br)cc(Br)c1. The molecule has 1 aromatic carbocycles. The first-order valence-electron chi connectivity index (χ1n) is 5.98. The van der Waals surface area contributed by atoms with Crippen LogP contribution < -0.4 is 5.32 Å². The van der Waals surface area contributed by atoms with E-state index in [4.69, 9.17) is 0 Å². The van der Waals surface area contributed by atoms with E-state index in [-0.39, 0.29) is 24.5 Å². The number of nitrogens with one attached hydrogen (secondary N) is 1. The maximum absolute atomic E-state index is 12.1. The molecule has 0 aromatic heterocycles. The van der Waals surface area contributed by atoms with Gasteiger partial charge in [0.2, 0.25) is 0 Å². The molecule has 3 nitrogen and oxygen atoms in total. The van der Waals surface area contributed by atoms with Crippen LogP contribution in [0.1, 0.15) is 29.6 Å². The van der Waals surface area contributed by atoms with Gasteiger partial charge in [0.1, 0.15) is 0 Å². The first kappa shape index (κ1) is 14.0. The summed E-state index contributed by atoms with van der Waals surface area (Å²) in [5, 5.41) is 12.3. The summed E-state index contributed by atoms with van der Waals surface area (Å²) in [5.41, 5.74) is 0.625. The number of carbonyl (C=O) groups is 1. The standard InChI is InChI=1S/C13H15Br2NO2/c14-10-4-9(5-11(15)6-10)13(18)16-12-3-1-2-8(12)7-17/h4-6,8,12,17H,1-3,7H2,(H,16,18). The Labute approximate surface area is 123 Å². The van der Waals surface area contributed by atoms with Crippen LogP contribution in [0.5, 0.6) is 0 Å². The van der Waals surface area contributed by atoms with Crippen LogP contribution in [0.25, 0.3) is 0 Å². The number of halogens is 2. The Balaban J connectivity index is 2.07. The lowest BCUT2D eigenvalue weighted by atomic mass is 10.0. The van der Waals surface area contributed by atoms with E-state index in [9.17, 15) is 9.90 Å². The molecule has 1 fully saturated rings. The number of hydrogen-bond donors (Lipinski definition) is 2. The predicted molar refractivity (Wildman–Crippen MR) is 77.5 cm³/mol. The highest BCUT2D eigenvalue weighted by Crippen LogP contribution is 2.26. The zero-order chi connectivity index (χ0) is 13.1. The molecule has 2 N–H and O–H groups in total. The van der Waals surface area contributed by atoms with Gasteiger partial charge in [-0.3, -0.25) is 4.79 Å². The largest absolute Gasteiger partial charge is 0.396 e. The number of aliphatic hydroxyl groups is 1. The van der Waals surface area contributed by atoms with E-state index < -0.39 is 0 Å². The molecule has 98 valence electrons. The van der Waals surface area contributed by atoms with Crippen LogP contribution in [0.2, 0.25) is 0 Å². The monoisotopic (exact) mass is 375 g/mol. The average molecular weight is 377 g/mol. The summed E-state index contributed by atoms with van der Waals surface area (Å²) in [6.45, 7) is 0.146. The van der Waals surface area contributed by atoms with Crippen LogP contribution in [0.15, 0.2) is 27.1 Å². The molecule has 0 heterocycles. The van der Waals surface area contributed by atoms with Crippen LogP contribution in [0.3, 0.4) is 0 Å². The Morgan fingerprint density at radius 1 is 1.28 bits per heavy atom. The maximum atomic E-state index is 12.1. The highest BCUT2D eigenvalue weighted by Gasteiger charge is 2.28. The summed E-state index contributed by atoms with van der Waals surface area (Å²) in [4.78, 5) is 12.1. The summed E-state index contributed by atoms with van der Waals surface area (Å²) in [6.07, 6.45) is 3.01. The maximum Gasteiger partial charge on any atom is 0.251 e. The van der Waals surface area contributed by atoms with Crippen molar-refractivity contribution in [3.8, 4) is 0 Å². The van der Waals surface area contributed by atoms with Gasteiger partial charge in [-0.25, -0.2) is 0 Å². The van der Waals surface area contributed by atoms with Crippen molar-refractivity contribution in [3.05, 3.63) is 32.7 Å². The number of rotatable bonds is 3. The molecule has 5 heteroatoms. The topological polar surface area (TPSA) is 49.3 Å². The van der Waals surface area contributed by atoms with Gasteiger partial charge in [0.15, 0.2) is 0 Å². The second-order valence-corrected chi connectivity index (χ2v) is 6.44. The van der Waals surface area contributed by atoms with E-state index in [0.29, 0.717) is 5.56 Å². The summed E-state index contributed by atoms with van der Waals surface area (Å²) in [6, 6.07) is 5.58. The van der Waals surface area contributed by atoms with E-state index in [1.54, 1.807) is 12.1 Å². The number of benzene rings is 1. The Kier molecular flexibility index (Phi) is 4.81. The highest BCUT2D eigenvalue weighted by atomic mass is 79.9. The van der Waals surface area contributed by atoms with Gasteiger partial charge in [0.25, 0.3) is 5.91 Å². The molecule has 1 aliphatic rings. The number of aliphatic hydroxyl groups excluding tert-OH is 1. The first-order chi connectivity index (χ1) is 8.60. The Hall–Kier alpha value is -0.390. The third-order valence-electron chi connectivity index (χ3n) is 3.33. The van der Waals surface area contributed by atoms with Crippen molar-refractivity contribution in [2.75, 3.05) is 6.61 Å². The molecule has 0 spiro atoms. The van der Waals surface area contributed by atoms with E-state index >= 15 is 0 Å². The normalized spacial score (nSPS) is 23.1. The fourth-order valence-electron chi connectivity index (χ4n) is 2.38. The first-order valence-corrected chi connectivity index (χ1v) is 7.56. The van der Waals surface area contributed by atoms with Gasteiger partial charge in [-0.1, -0.05) is 38.3 Å². The summed E-state index contributed by atoms with van der Waals surface area (Å²) in [5.74, 6) is 0.117. The van der Waals surface area contributed by atoms with Crippen molar-refractivity contribution in [2.24, 2.45) is 5.92 Å². The van der Waals surface area contributed by atoms with Gasteiger partial charge >= 0.3 is 0 Å². The van der Waals surface area contributed by atoms with Crippen LogP contribution in [-0.4, -0.2) is 23.7 Å². The van der Waals surface area contributed by atoms with Gasteiger partial charge in [0, 0.05) is 33.1 Å². The molecule has 1 amide bonds. The molecule has 18 heavy (non-hydrogen) atoms. The second kappa shape index (κ2) is 6.17. The third kappa shape index (κ3) is 3.33. The fraction of sp³-hybridized carbons (Fsp3) is 0.462. The van der Waals surface area contributed by atoms with Crippen LogP contribution in [-0.2, 0) is 0 Å². The van der Waals surface area contributed by atoms with Crippen LogP contribution >= 0.6 is 31.9 Å². The molecular formula is C13H15Br2NO2. The minimum absolute atomic E-state index is 0.0812. The lowest BCUT2D eigenvalue weighted by molar-refractivity contribution is 0.0916. The summed E-state index contributed by atoms with van der Waals surface area (Å²) in [7, 11) is 0. The fourth-order valence-corrected chi connectivity index (χ4v) is 3.68. The lowest BCUT2D eigenvalue weighted by Gasteiger charge is -2.19. The summed E-state index contributed by atoms with van der Waals surface area (Å²) < 4.78 is 1.74. The molecule has 0 bridgehead atoms. The van der Waals surface area contributed by atoms with Crippen molar-refractivity contribution in [1.82, 2.24) is 5.32 Å². The Morgan fingerprint density at radius 3 is 2.56 bits per heavy atom. The zero-order valence-corrected chi connectivity index (χ0v) is 13.0. The minimum atomic E-state index is -0.0812. The molecule has 1 saturated carbocycles. The smallest absolute Gasteiger partial charge is 0.251 e. The average Bonchev–Trinajstić information content (AvgIpc) is 2.75. The molecule has 0 aliphatic heterocycles. The zero-order valence-electron chi connectivity index (χ0n) is 9.83. The molecule has 0 saturated heterocycles. The van der Waals surface area contributed by atoms with Gasteiger partial charge in [-0.15, -0.1) is 0 Å². The Bertz CT molecular complexity index is 430. The molecule has 2 atom stereocenters. The molecule has 1 aromatic rings. The van der Waals surface area contributed by atoms with Gasteiger partial charge in [-0.05, 0) is 31.0 Å². The molecule has 2 rings (SSSR count). The molecule has 0 radical (unpaired) electrons. The highest BCUT2D eigenvalue weighted by molar-refractivity contribution is 9.11. The van der Waals surface area contributed by atoms with E-state index in [0.717, 1.165) is 28.2 Å². The van der Waals surface area contributed by atoms with E-state index in [1.165, 1.54) is 0 Å². The van der Waals surface area contributed by atoms with Crippen LogP contribution in [0.4, 0.5) is 0 Å². The molecular weight excluding hydrogens is 362 g/mol. The molecule has 1 aliphatic carbocycles. The van der Waals surface area contributed by atoms with Crippen molar-refractivity contribution in [3.63, 3.8) is 0 Å². The molecule has 2 unspecified atom stereocenters. The van der Waals surface area contributed by atoms with Crippen molar-refractivity contribution >= 4 is 37.8 Å². The van der Waals surface area contributed by atoms with Gasteiger partial charge in [0.05, 0.1) is 0 Å². The Morgan fingerprint density at radius 2 is 1.94 bits per heavy atom. The number of hydrogen-bond acceptors (Lipinski definition) is 2. The lowest BCUT2D eigenvalue weighted by Crippen LogP contribution is -2.38. The van der Waals surface area contributed by atoms with Crippen molar-refractivity contribution in [1.29, 1.82) is 0 Å².